The third-order valence-electron chi connectivity index (χ3n) is 6.37. The van der Waals surface area contributed by atoms with Crippen molar-refractivity contribution in [2.75, 3.05) is 32.9 Å². The highest BCUT2D eigenvalue weighted by atomic mass is 32.1. The molecule has 0 saturated carbocycles. The van der Waals surface area contributed by atoms with E-state index in [4.69, 9.17) is 14.2 Å². The van der Waals surface area contributed by atoms with Gasteiger partial charge in [0.25, 0.3) is 5.91 Å². The first-order valence-corrected chi connectivity index (χ1v) is 12.1. The van der Waals surface area contributed by atoms with Crippen LogP contribution < -0.4 is 19.7 Å². The van der Waals surface area contributed by atoms with Gasteiger partial charge in [0.05, 0.1) is 33.7 Å². The van der Waals surface area contributed by atoms with E-state index in [1.165, 1.54) is 12.0 Å². The Hall–Kier alpha value is -3.96. The molecule has 3 heterocycles. The van der Waals surface area contributed by atoms with Gasteiger partial charge in [0.2, 0.25) is 5.91 Å². The molecule has 0 spiro atoms. The van der Waals surface area contributed by atoms with Crippen LogP contribution in [0.2, 0.25) is 0 Å². The van der Waals surface area contributed by atoms with Gasteiger partial charge >= 0.3 is 5.97 Å². The molecule has 11 heteroatoms. The fraction of sp³-hybridized carbons (Fsp3) is 0.280. The van der Waals surface area contributed by atoms with Crippen LogP contribution in [0.5, 0.6) is 11.5 Å². The van der Waals surface area contributed by atoms with Crippen LogP contribution in [0.25, 0.3) is 0 Å². The number of thiazole rings is 1. The third-order valence-corrected chi connectivity index (χ3v) is 7.20. The molecule has 5 rings (SSSR count). The zero-order chi connectivity index (χ0) is 25.4. The van der Waals surface area contributed by atoms with Crippen molar-refractivity contribution < 1.29 is 28.6 Å². The Kier molecular flexibility index (Phi) is 6.33. The van der Waals surface area contributed by atoms with Gasteiger partial charge in [0.1, 0.15) is 23.6 Å². The van der Waals surface area contributed by atoms with E-state index in [9.17, 15) is 14.4 Å². The Labute approximate surface area is 211 Å². The van der Waals surface area contributed by atoms with Gasteiger partial charge in [0.15, 0.2) is 10.8 Å². The van der Waals surface area contributed by atoms with E-state index in [1.807, 2.05) is 18.2 Å². The average molecular weight is 509 g/mol. The summed E-state index contributed by atoms with van der Waals surface area (Å²) in [4.78, 5) is 46.7. The van der Waals surface area contributed by atoms with Crippen LogP contribution in [0.4, 0.5) is 10.8 Å². The number of nitrogens with one attached hydrogen (secondary N) is 1. The number of carbonyl (C=O) groups is 3. The number of hydrogen-bond acceptors (Lipinski definition) is 9. The molecule has 2 aliphatic rings. The fourth-order valence-electron chi connectivity index (χ4n) is 4.56. The number of amides is 2. The number of nitrogens with zero attached hydrogens (tertiary/aromatic N) is 3. The van der Waals surface area contributed by atoms with Gasteiger partial charge in [-0.05, 0) is 29.8 Å². The number of aromatic nitrogens is 1. The van der Waals surface area contributed by atoms with Crippen LogP contribution in [0, 0.1) is 0 Å². The molecule has 1 fully saturated rings. The van der Waals surface area contributed by atoms with Crippen molar-refractivity contribution in [3.63, 3.8) is 0 Å². The maximum atomic E-state index is 13.9. The normalized spacial score (nSPS) is 19.3. The number of methoxy groups -OCH3 is 3. The van der Waals surface area contributed by atoms with Crippen LogP contribution in [-0.4, -0.2) is 61.7 Å². The average Bonchev–Trinajstić information content (AvgIpc) is 3.54. The van der Waals surface area contributed by atoms with Gasteiger partial charge in [-0.15, -0.1) is 11.3 Å². The van der Waals surface area contributed by atoms with Crippen LogP contribution in [0.1, 0.15) is 27.7 Å². The molecule has 1 N–H and O–H groups in total. The molecule has 10 nitrogen and oxygen atoms in total. The number of anilines is 2. The molecule has 2 aliphatic heterocycles. The molecule has 1 saturated heterocycles. The van der Waals surface area contributed by atoms with Crippen molar-refractivity contribution in [3.8, 4) is 11.5 Å². The summed E-state index contributed by atoms with van der Waals surface area (Å²) < 4.78 is 15.6. The lowest BCUT2D eigenvalue weighted by molar-refractivity contribution is -0.137. The standard InChI is InChI=1S/C25H24N4O6S/c1-33-15-9-7-14(8-10-15)21-23(31)28(13-26-21)19-11-16-18(5-4-6-20(16)34-2)29(22(19)30)25-27-17(12-36-25)24(32)35-3/h4-10,12,19,21,26H,11,13H2,1-3H3/t19-,21+/m0/s1. The zero-order valence-corrected chi connectivity index (χ0v) is 20.7. The number of benzene rings is 2. The van der Waals surface area contributed by atoms with Crippen LogP contribution in [0.3, 0.4) is 0 Å². The quantitative estimate of drug-likeness (QED) is 0.506. The smallest absolute Gasteiger partial charge is 0.357 e. The second-order valence-electron chi connectivity index (χ2n) is 8.23. The third kappa shape index (κ3) is 3.95. The molecule has 0 aliphatic carbocycles. The van der Waals surface area contributed by atoms with E-state index >= 15 is 0 Å². The molecule has 186 valence electrons. The highest BCUT2D eigenvalue weighted by molar-refractivity contribution is 7.14. The minimum Gasteiger partial charge on any atom is -0.497 e. The van der Waals surface area contributed by atoms with Crippen molar-refractivity contribution in [3.05, 3.63) is 64.7 Å². The maximum Gasteiger partial charge on any atom is 0.357 e. The molecule has 36 heavy (non-hydrogen) atoms. The van der Waals surface area contributed by atoms with Gasteiger partial charge in [-0.2, -0.15) is 0 Å². The number of hydrogen-bond donors (Lipinski definition) is 1. The van der Waals surface area contributed by atoms with E-state index in [0.717, 1.165) is 22.5 Å². The monoisotopic (exact) mass is 508 g/mol. The molecule has 0 unspecified atom stereocenters. The van der Waals surface area contributed by atoms with Gasteiger partial charge in [-0.1, -0.05) is 18.2 Å². The molecule has 1 aromatic heterocycles. The molecule has 2 atom stereocenters. The second-order valence-corrected chi connectivity index (χ2v) is 9.07. The SMILES string of the molecule is COC(=O)c1csc(N2C(=O)[C@@H](N3CN[C@H](c4ccc(OC)cc4)C3=O)Cc3c(OC)cccc32)n1. The Morgan fingerprint density at radius 3 is 2.53 bits per heavy atom. The molecule has 2 aromatic carbocycles. The minimum absolute atomic E-state index is 0.107. The van der Waals surface area contributed by atoms with Crippen LogP contribution in [-0.2, 0) is 20.7 Å². The molecular weight excluding hydrogens is 484 g/mol. The molecule has 0 bridgehead atoms. The van der Waals surface area contributed by atoms with Gasteiger partial charge in [-0.3, -0.25) is 19.8 Å². The van der Waals surface area contributed by atoms with E-state index in [2.05, 4.69) is 10.3 Å². The lowest BCUT2D eigenvalue weighted by Crippen LogP contribution is -2.52. The van der Waals surface area contributed by atoms with Crippen molar-refractivity contribution in [2.24, 2.45) is 0 Å². The Balaban J connectivity index is 1.51. The predicted octanol–water partition coefficient (Wildman–Crippen LogP) is 2.67. The lowest BCUT2D eigenvalue weighted by atomic mass is 9.95. The van der Waals surface area contributed by atoms with E-state index in [1.54, 1.807) is 48.8 Å². The van der Waals surface area contributed by atoms with Crippen LogP contribution in [0.15, 0.2) is 47.8 Å². The number of esters is 1. The first-order valence-electron chi connectivity index (χ1n) is 11.2. The largest absolute Gasteiger partial charge is 0.497 e. The summed E-state index contributed by atoms with van der Waals surface area (Å²) in [5, 5.41) is 5.07. The molecule has 0 radical (unpaired) electrons. The first-order chi connectivity index (χ1) is 17.5. The number of rotatable bonds is 6. The second kappa shape index (κ2) is 9.59. The number of ether oxygens (including phenoxy) is 3. The van der Waals surface area contributed by atoms with Gasteiger partial charge < -0.3 is 19.1 Å². The maximum absolute atomic E-state index is 13.9. The lowest BCUT2D eigenvalue weighted by Gasteiger charge is -2.37. The van der Waals surface area contributed by atoms with E-state index in [-0.39, 0.29) is 30.6 Å². The summed E-state index contributed by atoms with van der Waals surface area (Å²) in [6.07, 6.45) is 0.284. The molecular formula is C25H24N4O6S. The highest BCUT2D eigenvalue weighted by Gasteiger charge is 2.45. The number of carbonyl (C=O) groups excluding carboxylic acids is 3. The van der Waals surface area contributed by atoms with Crippen molar-refractivity contribution in [1.82, 2.24) is 15.2 Å². The topological polar surface area (TPSA) is 110 Å². The van der Waals surface area contributed by atoms with E-state index < -0.39 is 18.1 Å². The molecule has 3 aromatic rings. The summed E-state index contributed by atoms with van der Waals surface area (Å²) >= 11 is 1.15. The number of fused-ring (bicyclic) bond motifs is 1. The summed E-state index contributed by atoms with van der Waals surface area (Å²) in [6, 6.07) is 11.3. The summed E-state index contributed by atoms with van der Waals surface area (Å²) in [6.45, 7) is 0.204. The first kappa shape index (κ1) is 23.8. The zero-order valence-electron chi connectivity index (χ0n) is 19.9. The highest BCUT2D eigenvalue weighted by Crippen LogP contribution is 2.42. The van der Waals surface area contributed by atoms with Crippen LogP contribution >= 0.6 is 11.3 Å². The van der Waals surface area contributed by atoms with E-state index in [0.29, 0.717) is 22.3 Å². The summed E-state index contributed by atoms with van der Waals surface area (Å²) in [5.74, 6) is 0.188. The van der Waals surface area contributed by atoms with Crippen molar-refractivity contribution in [2.45, 2.75) is 18.5 Å². The van der Waals surface area contributed by atoms with Crippen molar-refractivity contribution in [1.29, 1.82) is 0 Å². The van der Waals surface area contributed by atoms with Gasteiger partial charge in [0, 0.05) is 17.4 Å². The Morgan fingerprint density at radius 2 is 1.83 bits per heavy atom. The van der Waals surface area contributed by atoms with Gasteiger partial charge in [-0.25, -0.2) is 9.78 Å². The fourth-order valence-corrected chi connectivity index (χ4v) is 5.37. The summed E-state index contributed by atoms with van der Waals surface area (Å²) in [5.41, 5.74) is 2.27. The Morgan fingerprint density at radius 1 is 1.06 bits per heavy atom. The summed E-state index contributed by atoms with van der Waals surface area (Å²) in [7, 11) is 4.42. The minimum atomic E-state index is -0.789. The Bertz CT molecular complexity index is 1320. The van der Waals surface area contributed by atoms with Crippen molar-refractivity contribution >= 4 is 39.9 Å². The molecule has 2 amide bonds. The predicted molar refractivity (Wildman–Crippen MR) is 132 cm³/mol.